The number of rotatable bonds is 7. The van der Waals surface area contributed by atoms with Crippen molar-refractivity contribution in [1.29, 1.82) is 0 Å². The van der Waals surface area contributed by atoms with Gasteiger partial charge in [-0.05, 0) is 19.8 Å². The summed E-state index contributed by atoms with van der Waals surface area (Å²) in [5, 5.41) is 6.06. The first kappa shape index (κ1) is 15.5. The Labute approximate surface area is 125 Å². The first-order valence-corrected chi connectivity index (χ1v) is 7.38. The number of anilines is 2. The van der Waals surface area contributed by atoms with Crippen LogP contribution in [-0.4, -0.2) is 54.1 Å². The molecule has 2 N–H and O–H groups in total. The number of amides is 1. The van der Waals surface area contributed by atoms with Gasteiger partial charge in [0, 0.05) is 32.8 Å². The Balaban J connectivity index is 1.95. The zero-order valence-electron chi connectivity index (χ0n) is 12.7. The van der Waals surface area contributed by atoms with E-state index in [-0.39, 0.29) is 12.5 Å². The number of hydrogen-bond donors (Lipinski definition) is 2. The molecule has 1 aliphatic heterocycles. The number of ether oxygens (including phenoxy) is 1. The maximum absolute atomic E-state index is 12.0. The van der Waals surface area contributed by atoms with Gasteiger partial charge in [0.15, 0.2) is 5.82 Å². The summed E-state index contributed by atoms with van der Waals surface area (Å²) in [5.41, 5.74) is 0. The van der Waals surface area contributed by atoms with E-state index in [9.17, 15) is 4.79 Å². The summed E-state index contributed by atoms with van der Waals surface area (Å²) in [4.78, 5) is 22.6. The van der Waals surface area contributed by atoms with Crippen molar-refractivity contribution in [3.8, 4) is 0 Å². The standard InChI is InChI=1S/C14H23N5O2/c1-3-21-10-13-17-11(15-2)8-12(18-13)16-9-14(20)19-6-4-5-7-19/h8H,3-7,9-10H2,1-2H3,(H2,15,16,17,18). The van der Waals surface area contributed by atoms with E-state index < -0.39 is 0 Å². The molecule has 1 aromatic rings. The molecule has 7 nitrogen and oxygen atoms in total. The molecule has 1 aromatic heterocycles. The molecule has 0 unspecified atom stereocenters. The molecule has 1 amide bonds. The van der Waals surface area contributed by atoms with Crippen molar-refractivity contribution in [2.75, 3.05) is 43.9 Å². The van der Waals surface area contributed by atoms with E-state index in [1.807, 2.05) is 11.8 Å². The van der Waals surface area contributed by atoms with Crippen molar-refractivity contribution < 1.29 is 9.53 Å². The molecular weight excluding hydrogens is 270 g/mol. The lowest BCUT2D eigenvalue weighted by Gasteiger charge is -2.16. The topological polar surface area (TPSA) is 79.4 Å². The highest BCUT2D eigenvalue weighted by molar-refractivity contribution is 5.80. The third kappa shape index (κ3) is 4.56. The van der Waals surface area contributed by atoms with Crippen LogP contribution >= 0.6 is 0 Å². The predicted molar refractivity (Wildman–Crippen MR) is 81.2 cm³/mol. The first-order valence-electron chi connectivity index (χ1n) is 7.38. The fourth-order valence-corrected chi connectivity index (χ4v) is 2.22. The van der Waals surface area contributed by atoms with Crippen LogP contribution in [0.5, 0.6) is 0 Å². The second-order valence-electron chi connectivity index (χ2n) is 4.88. The third-order valence-electron chi connectivity index (χ3n) is 3.34. The van der Waals surface area contributed by atoms with Crippen LogP contribution in [0.15, 0.2) is 6.07 Å². The van der Waals surface area contributed by atoms with Crippen LogP contribution in [0.3, 0.4) is 0 Å². The molecule has 1 saturated heterocycles. The summed E-state index contributed by atoms with van der Waals surface area (Å²) < 4.78 is 5.33. The summed E-state index contributed by atoms with van der Waals surface area (Å²) in [6.45, 7) is 4.89. The van der Waals surface area contributed by atoms with Gasteiger partial charge in [0.2, 0.25) is 5.91 Å². The SMILES string of the molecule is CCOCc1nc(NC)cc(NCC(=O)N2CCCC2)n1. The van der Waals surface area contributed by atoms with Crippen LogP contribution in [0.1, 0.15) is 25.6 Å². The number of likely N-dealkylation sites (tertiary alicyclic amines) is 1. The minimum Gasteiger partial charge on any atom is -0.374 e. The highest BCUT2D eigenvalue weighted by atomic mass is 16.5. The Bertz CT molecular complexity index is 474. The van der Waals surface area contributed by atoms with Gasteiger partial charge in [0.1, 0.15) is 18.2 Å². The largest absolute Gasteiger partial charge is 0.374 e. The molecule has 21 heavy (non-hydrogen) atoms. The van der Waals surface area contributed by atoms with Gasteiger partial charge in [-0.25, -0.2) is 9.97 Å². The third-order valence-corrected chi connectivity index (χ3v) is 3.34. The van der Waals surface area contributed by atoms with Crippen LogP contribution < -0.4 is 10.6 Å². The van der Waals surface area contributed by atoms with Crippen LogP contribution in [0.4, 0.5) is 11.6 Å². The molecular formula is C14H23N5O2. The number of aromatic nitrogens is 2. The Morgan fingerprint density at radius 2 is 2.05 bits per heavy atom. The van der Waals surface area contributed by atoms with Crippen LogP contribution in [0.25, 0.3) is 0 Å². The zero-order chi connectivity index (χ0) is 15.1. The molecule has 1 fully saturated rings. The van der Waals surface area contributed by atoms with E-state index >= 15 is 0 Å². The lowest BCUT2D eigenvalue weighted by molar-refractivity contribution is -0.128. The first-order chi connectivity index (χ1) is 10.2. The van der Waals surface area contributed by atoms with Crippen LogP contribution in [-0.2, 0) is 16.1 Å². The maximum atomic E-state index is 12.0. The van der Waals surface area contributed by atoms with E-state index in [4.69, 9.17) is 4.74 Å². The van der Waals surface area contributed by atoms with E-state index in [1.165, 1.54) is 0 Å². The van der Waals surface area contributed by atoms with Gasteiger partial charge >= 0.3 is 0 Å². The predicted octanol–water partition coefficient (Wildman–Crippen LogP) is 1.09. The molecule has 0 aromatic carbocycles. The molecule has 2 rings (SSSR count). The molecule has 0 radical (unpaired) electrons. The Hall–Kier alpha value is -1.89. The lowest BCUT2D eigenvalue weighted by Crippen LogP contribution is -2.33. The number of nitrogens with one attached hydrogen (secondary N) is 2. The molecule has 0 atom stereocenters. The fraction of sp³-hybridized carbons (Fsp3) is 0.643. The number of carbonyl (C=O) groups is 1. The molecule has 0 bridgehead atoms. The van der Waals surface area contributed by atoms with E-state index in [1.54, 1.807) is 13.1 Å². The summed E-state index contributed by atoms with van der Waals surface area (Å²) in [5.74, 6) is 2.05. The van der Waals surface area contributed by atoms with E-state index in [0.29, 0.717) is 30.7 Å². The van der Waals surface area contributed by atoms with Crippen molar-refractivity contribution in [3.05, 3.63) is 11.9 Å². The summed E-state index contributed by atoms with van der Waals surface area (Å²) in [6.07, 6.45) is 2.20. The van der Waals surface area contributed by atoms with Crippen molar-refractivity contribution >= 4 is 17.5 Å². The molecule has 0 aliphatic carbocycles. The number of carbonyl (C=O) groups excluding carboxylic acids is 1. The molecule has 0 saturated carbocycles. The highest BCUT2D eigenvalue weighted by Gasteiger charge is 2.17. The molecule has 2 heterocycles. The molecule has 116 valence electrons. The average molecular weight is 293 g/mol. The molecule has 7 heteroatoms. The van der Waals surface area contributed by atoms with Crippen molar-refractivity contribution in [1.82, 2.24) is 14.9 Å². The quantitative estimate of drug-likeness (QED) is 0.783. The lowest BCUT2D eigenvalue weighted by atomic mass is 10.4. The van der Waals surface area contributed by atoms with Crippen LogP contribution in [0, 0.1) is 0 Å². The van der Waals surface area contributed by atoms with Gasteiger partial charge in [0.25, 0.3) is 0 Å². The van der Waals surface area contributed by atoms with Gasteiger partial charge in [-0.1, -0.05) is 0 Å². The number of hydrogen-bond acceptors (Lipinski definition) is 6. The minimum absolute atomic E-state index is 0.114. The van der Waals surface area contributed by atoms with Gasteiger partial charge in [-0.2, -0.15) is 0 Å². The Morgan fingerprint density at radius 3 is 2.71 bits per heavy atom. The summed E-state index contributed by atoms with van der Waals surface area (Å²) >= 11 is 0. The summed E-state index contributed by atoms with van der Waals surface area (Å²) in [7, 11) is 1.80. The monoisotopic (exact) mass is 293 g/mol. The summed E-state index contributed by atoms with van der Waals surface area (Å²) in [6, 6.07) is 1.78. The Morgan fingerprint density at radius 1 is 1.33 bits per heavy atom. The zero-order valence-corrected chi connectivity index (χ0v) is 12.7. The van der Waals surface area contributed by atoms with Gasteiger partial charge < -0.3 is 20.3 Å². The van der Waals surface area contributed by atoms with E-state index in [2.05, 4.69) is 20.6 Å². The van der Waals surface area contributed by atoms with Crippen molar-refractivity contribution in [3.63, 3.8) is 0 Å². The molecule has 0 spiro atoms. The van der Waals surface area contributed by atoms with E-state index in [0.717, 1.165) is 25.9 Å². The van der Waals surface area contributed by atoms with Gasteiger partial charge in [-0.3, -0.25) is 4.79 Å². The van der Waals surface area contributed by atoms with Gasteiger partial charge in [0.05, 0.1) is 6.54 Å². The highest BCUT2D eigenvalue weighted by Crippen LogP contribution is 2.12. The second kappa shape index (κ2) is 7.78. The number of nitrogens with zero attached hydrogens (tertiary/aromatic N) is 3. The maximum Gasteiger partial charge on any atom is 0.241 e. The average Bonchev–Trinajstić information content (AvgIpc) is 3.04. The van der Waals surface area contributed by atoms with Gasteiger partial charge in [-0.15, -0.1) is 0 Å². The van der Waals surface area contributed by atoms with Crippen molar-refractivity contribution in [2.24, 2.45) is 0 Å². The minimum atomic E-state index is 0.114. The molecule has 1 aliphatic rings. The van der Waals surface area contributed by atoms with Crippen molar-refractivity contribution in [2.45, 2.75) is 26.4 Å². The fourth-order valence-electron chi connectivity index (χ4n) is 2.22. The Kier molecular flexibility index (Phi) is 5.74. The van der Waals surface area contributed by atoms with Crippen LogP contribution in [0.2, 0.25) is 0 Å². The smallest absolute Gasteiger partial charge is 0.241 e. The second-order valence-corrected chi connectivity index (χ2v) is 4.88. The normalized spacial score (nSPS) is 14.3.